The van der Waals surface area contributed by atoms with E-state index in [0.29, 0.717) is 35.2 Å². The standard InChI is InChI=1S/C25H26ClN5O6/c1-16(32)28-10-12-29(13-11-28)23(33)22-24(34)30(15-17-6-4-5-7-19(17)26)25(35)31(27-22)18-8-9-20(36-2)21(14-18)37-3/h4-9,14H,10-13,15H2,1-3H3. The van der Waals surface area contributed by atoms with E-state index in [2.05, 4.69) is 5.10 Å². The fourth-order valence-corrected chi connectivity index (χ4v) is 4.28. The highest BCUT2D eigenvalue weighted by Gasteiger charge is 2.28. The van der Waals surface area contributed by atoms with Crippen LogP contribution in [0.5, 0.6) is 11.5 Å². The van der Waals surface area contributed by atoms with Gasteiger partial charge in [-0.25, -0.2) is 4.79 Å². The van der Waals surface area contributed by atoms with E-state index in [4.69, 9.17) is 21.1 Å². The van der Waals surface area contributed by atoms with Crippen molar-refractivity contribution in [2.75, 3.05) is 40.4 Å². The molecular weight excluding hydrogens is 502 g/mol. The molecule has 1 aromatic heterocycles. The summed E-state index contributed by atoms with van der Waals surface area (Å²) in [6.07, 6.45) is 0. The van der Waals surface area contributed by atoms with Crippen LogP contribution in [-0.4, -0.2) is 76.4 Å². The summed E-state index contributed by atoms with van der Waals surface area (Å²) < 4.78 is 12.5. The molecule has 1 fully saturated rings. The number of nitrogens with zero attached hydrogens (tertiary/aromatic N) is 5. The number of carbonyl (C=O) groups is 2. The molecule has 2 amide bonds. The van der Waals surface area contributed by atoms with Crippen LogP contribution in [-0.2, 0) is 11.3 Å². The van der Waals surface area contributed by atoms with E-state index >= 15 is 0 Å². The zero-order valence-corrected chi connectivity index (χ0v) is 21.4. The first kappa shape index (κ1) is 26.0. The van der Waals surface area contributed by atoms with Crippen LogP contribution in [0.3, 0.4) is 0 Å². The summed E-state index contributed by atoms with van der Waals surface area (Å²) in [6, 6.07) is 11.5. The van der Waals surface area contributed by atoms with Crippen molar-refractivity contribution in [3.8, 4) is 17.2 Å². The Balaban J connectivity index is 1.84. The molecule has 3 aromatic rings. The van der Waals surface area contributed by atoms with Gasteiger partial charge in [-0.05, 0) is 23.8 Å². The van der Waals surface area contributed by atoms with Gasteiger partial charge in [-0.2, -0.15) is 9.78 Å². The number of methoxy groups -OCH3 is 2. The highest BCUT2D eigenvalue weighted by molar-refractivity contribution is 6.31. The number of benzene rings is 2. The number of aromatic nitrogens is 3. The van der Waals surface area contributed by atoms with Crippen LogP contribution >= 0.6 is 11.6 Å². The van der Waals surface area contributed by atoms with Crippen LogP contribution in [0.4, 0.5) is 0 Å². The number of amides is 2. The number of halogens is 1. The number of rotatable bonds is 6. The van der Waals surface area contributed by atoms with Crippen molar-refractivity contribution in [3.05, 3.63) is 79.6 Å². The minimum atomic E-state index is -0.833. The molecule has 194 valence electrons. The molecule has 4 rings (SSSR count). The molecule has 0 bridgehead atoms. The van der Waals surface area contributed by atoms with Crippen molar-refractivity contribution < 1.29 is 19.1 Å². The lowest BCUT2D eigenvalue weighted by molar-refractivity contribution is -0.130. The van der Waals surface area contributed by atoms with E-state index in [1.54, 1.807) is 41.3 Å². The van der Waals surface area contributed by atoms with Gasteiger partial charge >= 0.3 is 5.69 Å². The van der Waals surface area contributed by atoms with Crippen LogP contribution in [0, 0.1) is 0 Å². The second-order valence-corrected chi connectivity index (χ2v) is 8.77. The van der Waals surface area contributed by atoms with Gasteiger partial charge in [0.2, 0.25) is 11.6 Å². The van der Waals surface area contributed by atoms with Crippen LogP contribution in [0.25, 0.3) is 5.69 Å². The molecule has 1 aliphatic heterocycles. The lowest BCUT2D eigenvalue weighted by Crippen LogP contribution is -2.52. The summed E-state index contributed by atoms with van der Waals surface area (Å²) in [7, 11) is 2.93. The van der Waals surface area contributed by atoms with E-state index in [1.807, 2.05) is 0 Å². The number of piperazine rings is 1. The normalized spacial score (nSPS) is 13.4. The Morgan fingerprint density at radius 2 is 1.59 bits per heavy atom. The molecule has 1 saturated heterocycles. The molecule has 0 N–H and O–H groups in total. The molecule has 0 unspecified atom stereocenters. The predicted molar refractivity (Wildman–Crippen MR) is 136 cm³/mol. The molecule has 0 atom stereocenters. The molecule has 0 spiro atoms. The summed E-state index contributed by atoms with van der Waals surface area (Å²) in [6.45, 7) is 2.45. The highest BCUT2D eigenvalue weighted by atomic mass is 35.5. The first-order valence-corrected chi connectivity index (χ1v) is 11.9. The third-order valence-electron chi connectivity index (χ3n) is 6.17. The first-order chi connectivity index (χ1) is 17.7. The van der Waals surface area contributed by atoms with Crippen molar-refractivity contribution in [2.45, 2.75) is 13.5 Å². The predicted octanol–water partition coefficient (Wildman–Crippen LogP) is 1.42. The van der Waals surface area contributed by atoms with E-state index in [0.717, 1.165) is 9.25 Å². The van der Waals surface area contributed by atoms with Gasteiger partial charge in [0.15, 0.2) is 11.5 Å². The quantitative estimate of drug-likeness (QED) is 0.476. The lowest BCUT2D eigenvalue weighted by atomic mass is 10.2. The fourth-order valence-electron chi connectivity index (χ4n) is 4.08. The van der Waals surface area contributed by atoms with Crippen molar-refractivity contribution in [3.63, 3.8) is 0 Å². The molecule has 12 heteroatoms. The molecule has 0 aliphatic carbocycles. The highest BCUT2D eigenvalue weighted by Crippen LogP contribution is 2.28. The molecule has 0 radical (unpaired) electrons. The number of hydrogen-bond donors (Lipinski definition) is 0. The molecule has 0 saturated carbocycles. The second kappa shape index (κ2) is 10.9. The van der Waals surface area contributed by atoms with Crippen LogP contribution in [0.15, 0.2) is 52.1 Å². The van der Waals surface area contributed by atoms with Crippen molar-refractivity contribution in [1.82, 2.24) is 24.1 Å². The fraction of sp³-hybridized carbons (Fsp3) is 0.320. The Bertz CT molecular complexity index is 1460. The van der Waals surface area contributed by atoms with E-state index in [-0.39, 0.29) is 31.2 Å². The maximum atomic E-state index is 13.5. The summed E-state index contributed by atoms with van der Waals surface area (Å²) in [4.78, 5) is 55.2. The minimum absolute atomic E-state index is 0.0886. The maximum absolute atomic E-state index is 13.5. The zero-order valence-electron chi connectivity index (χ0n) is 20.6. The van der Waals surface area contributed by atoms with Gasteiger partial charge in [-0.1, -0.05) is 29.8 Å². The Morgan fingerprint density at radius 1 is 0.946 bits per heavy atom. The number of hydrogen-bond acceptors (Lipinski definition) is 7. The van der Waals surface area contributed by atoms with Gasteiger partial charge in [-0.15, -0.1) is 0 Å². The molecule has 37 heavy (non-hydrogen) atoms. The summed E-state index contributed by atoms with van der Waals surface area (Å²) >= 11 is 6.29. The summed E-state index contributed by atoms with van der Waals surface area (Å²) in [5.41, 5.74) is -1.21. The maximum Gasteiger partial charge on any atom is 0.352 e. The second-order valence-electron chi connectivity index (χ2n) is 8.36. The average molecular weight is 528 g/mol. The van der Waals surface area contributed by atoms with Crippen LogP contribution in [0.1, 0.15) is 23.0 Å². The van der Waals surface area contributed by atoms with Gasteiger partial charge in [0.05, 0.1) is 26.5 Å². The Labute approximate surface area is 217 Å². The van der Waals surface area contributed by atoms with E-state index in [9.17, 15) is 19.2 Å². The van der Waals surface area contributed by atoms with E-state index < -0.39 is 22.9 Å². The third kappa shape index (κ3) is 5.21. The monoisotopic (exact) mass is 527 g/mol. The van der Waals surface area contributed by atoms with Gasteiger partial charge in [-0.3, -0.25) is 19.0 Å². The SMILES string of the molecule is COc1ccc(-n2nc(C(=O)N3CCN(C(C)=O)CC3)c(=O)n(Cc3ccccc3Cl)c2=O)cc1OC. The Morgan fingerprint density at radius 3 is 2.22 bits per heavy atom. The van der Waals surface area contributed by atoms with Gasteiger partial charge in [0, 0.05) is 44.2 Å². The van der Waals surface area contributed by atoms with Gasteiger partial charge < -0.3 is 19.3 Å². The summed E-state index contributed by atoms with van der Waals surface area (Å²) in [5.74, 6) is 0.0544. The van der Waals surface area contributed by atoms with Crippen molar-refractivity contribution in [2.24, 2.45) is 0 Å². The molecule has 2 aromatic carbocycles. The third-order valence-corrected chi connectivity index (χ3v) is 6.54. The smallest absolute Gasteiger partial charge is 0.352 e. The largest absolute Gasteiger partial charge is 0.493 e. The number of carbonyl (C=O) groups excluding carboxylic acids is 2. The van der Waals surface area contributed by atoms with Gasteiger partial charge in [0.25, 0.3) is 11.5 Å². The topological polar surface area (TPSA) is 116 Å². The lowest BCUT2D eigenvalue weighted by Gasteiger charge is -2.33. The minimum Gasteiger partial charge on any atom is -0.493 e. The summed E-state index contributed by atoms with van der Waals surface area (Å²) in [5, 5.41) is 4.57. The van der Waals surface area contributed by atoms with Crippen molar-refractivity contribution >= 4 is 23.4 Å². The van der Waals surface area contributed by atoms with Gasteiger partial charge in [0.1, 0.15) is 0 Å². The van der Waals surface area contributed by atoms with Crippen molar-refractivity contribution in [1.29, 1.82) is 0 Å². The molecular formula is C25H26ClN5O6. The first-order valence-electron chi connectivity index (χ1n) is 11.5. The average Bonchev–Trinajstić information content (AvgIpc) is 2.91. The molecule has 1 aliphatic rings. The zero-order chi connectivity index (χ0) is 26.7. The van der Waals surface area contributed by atoms with Crippen LogP contribution in [0.2, 0.25) is 5.02 Å². The molecule has 2 heterocycles. The molecule has 11 nitrogen and oxygen atoms in total. The van der Waals surface area contributed by atoms with Crippen LogP contribution < -0.4 is 20.7 Å². The van der Waals surface area contributed by atoms with E-state index in [1.165, 1.54) is 32.1 Å². The number of ether oxygens (including phenoxy) is 2. The Kier molecular flexibility index (Phi) is 7.63. The Hall–Kier alpha value is -4.12.